The molecule has 0 amide bonds. The van der Waals surface area contributed by atoms with Gasteiger partial charge in [-0.2, -0.15) is 0 Å². The molecule has 0 heteroatoms. The zero-order valence-electron chi connectivity index (χ0n) is 25.2. The van der Waals surface area contributed by atoms with E-state index in [0.29, 0.717) is 0 Å². The van der Waals surface area contributed by atoms with Crippen LogP contribution in [0.4, 0.5) is 0 Å². The number of hydrogen-bond acceptors (Lipinski definition) is 0. The first-order valence-corrected chi connectivity index (χ1v) is 15.0. The second-order valence-corrected chi connectivity index (χ2v) is 9.40. The molecule has 208 valence electrons. The summed E-state index contributed by atoms with van der Waals surface area (Å²) in [7, 11) is 0. The Kier molecular flexibility index (Phi) is 11.3. The lowest BCUT2D eigenvalue weighted by Gasteiger charge is -2.07. The highest BCUT2D eigenvalue weighted by atomic mass is 14.1. The first-order valence-electron chi connectivity index (χ1n) is 15.0. The van der Waals surface area contributed by atoms with E-state index in [1.165, 1.54) is 54.9 Å². The van der Waals surface area contributed by atoms with Crippen LogP contribution in [-0.4, -0.2) is 0 Å². The number of hydrogen-bond donors (Lipinski definition) is 0. The van der Waals surface area contributed by atoms with E-state index < -0.39 is 0 Å². The molecule has 0 radical (unpaired) electrons. The normalized spacial score (nSPS) is 9.90. The number of rotatable bonds is 3. The van der Waals surface area contributed by atoms with Gasteiger partial charge in [0.15, 0.2) is 0 Å². The summed E-state index contributed by atoms with van der Waals surface area (Å²) >= 11 is 0. The fourth-order valence-corrected chi connectivity index (χ4v) is 4.94. The molecule has 0 unspecified atom stereocenters. The van der Waals surface area contributed by atoms with Crippen LogP contribution >= 0.6 is 0 Å². The van der Waals surface area contributed by atoms with Gasteiger partial charge >= 0.3 is 0 Å². The molecule has 0 aromatic heterocycles. The predicted molar refractivity (Wildman–Crippen MR) is 187 cm³/mol. The molecule has 0 heterocycles. The van der Waals surface area contributed by atoms with Crippen LogP contribution < -0.4 is 0 Å². The highest BCUT2D eigenvalue weighted by Crippen LogP contribution is 2.29. The van der Waals surface area contributed by atoms with Gasteiger partial charge in [0.2, 0.25) is 0 Å². The third-order valence-electron chi connectivity index (χ3n) is 6.95. The van der Waals surface area contributed by atoms with E-state index in [4.69, 9.17) is 0 Å². The van der Waals surface area contributed by atoms with E-state index in [0.717, 1.165) is 0 Å². The summed E-state index contributed by atoms with van der Waals surface area (Å²) in [4.78, 5) is 0. The molecule has 0 fully saturated rings. The molecule has 0 saturated heterocycles. The van der Waals surface area contributed by atoms with Gasteiger partial charge in [-0.25, -0.2) is 0 Å². The maximum atomic E-state index is 2.27. The maximum absolute atomic E-state index is 2.27. The molecule has 0 bridgehead atoms. The predicted octanol–water partition coefficient (Wildman–Crippen LogP) is 12.7. The molecule has 0 nitrogen and oxygen atoms in total. The molecule has 0 aliphatic heterocycles. The van der Waals surface area contributed by atoms with Gasteiger partial charge in [0, 0.05) is 0 Å². The van der Waals surface area contributed by atoms with Crippen LogP contribution in [0.1, 0.15) is 27.7 Å². The van der Waals surface area contributed by atoms with Crippen LogP contribution in [0.2, 0.25) is 0 Å². The third kappa shape index (κ3) is 7.42. The van der Waals surface area contributed by atoms with E-state index in [9.17, 15) is 0 Å². The van der Waals surface area contributed by atoms with Crippen LogP contribution in [-0.2, 0) is 0 Å². The van der Waals surface area contributed by atoms with Gasteiger partial charge in [-0.3, -0.25) is 0 Å². The molecule has 0 aliphatic carbocycles. The fraction of sp³-hybridized carbons (Fsp3) is 0.0952. The second-order valence-electron chi connectivity index (χ2n) is 9.40. The topological polar surface area (TPSA) is 0 Å². The van der Waals surface area contributed by atoms with Gasteiger partial charge in [0.25, 0.3) is 0 Å². The van der Waals surface area contributed by atoms with Crippen molar-refractivity contribution in [3.05, 3.63) is 170 Å². The zero-order chi connectivity index (χ0) is 29.6. The van der Waals surface area contributed by atoms with Gasteiger partial charge in [0.05, 0.1) is 0 Å². The van der Waals surface area contributed by atoms with Gasteiger partial charge in [-0.05, 0) is 61.0 Å². The fourth-order valence-electron chi connectivity index (χ4n) is 4.94. The van der Waals surface area contributed by atoms with Crippen molar-refractivity contribution < 1.29 is 0 Å². The SMILES string of the molecule is CC.CC.c1ccc(-c2ccc(-c3ccccc3)cc2)cc1.c1ccc(-c2ccc3c(ccc4ccccc43)c2)cc1. The number of benzene rings is 7. The summed E-state index contributed by atoms with van der Waals surface area (Å²) in [6.07, 6.45) is 0. The van der Waals surface area contributed by atoms with E-state index >= 15 is 0 Å². The highest BCUT2D eigenvalue weighted by Gasteiger charge is 2.03. The Balaban J connectivity index is 0.000000174. The first-order chi connectivity index (χ1) is 20.8. The summed E-state index contributed by atoms with van der Waals surface area (Å²) in [6.45, 7) is 8.00. The molecule has 7 aromatic rings. The van der Waals surface area contributed by atoms with Crippen LogP contribution in [0, 0.1) is 0 Å². The Labute approximate surface area is 252 Å². The summed E-state index contributed by atoms with van der Waals surface area (Å²) in [5.41, 5.74) is 7.58. The van der Waals surface area contributed by atoms with Crippen molar-refractivity contribution in [3.63, 3.8) is 0 Å². The average Bonchev–Trinajstić information content (AvgIpc) is 3.11. The largest absolute Gasteiger partial charge is 0.0683 e. The molecule has 0 atom stereocenters. The van der Waals surface area contributed by atoms with E-state index in [1.807, 2.05) is 39.8 Å². The maximum Gasteiger partial charge on any atom is -0.0105 e. The van der Waals surface area contributed by atoms with Crippen molar-refractivity contribution in [1.82, 2.24) is 0 Å². The molecule has 0 spiro atoms. The third-order valence-corrected chi connectivity index (χ3v) is 6.95. The molecular formula is C42H40. The van der Waals surface area contributed by atoms with Crippen LogP contribution in [0.5, 0.6) is 0 Å². The Hall–Kier alpha value is -4.94. The highest BCUT2D eigenvalue weighted by molar-refractivity contribution is 6.08. The lowest BCUT2D eigenvalue weighted by atomic mass is 9.97. The quantitative estimate of drug-likeness (QED) is 0.194. The minimum Gasteiger partial charge on any atom is -0.0683 e. The van der Waals surface area contributed by atoms with Gasteiger partial charge in [-0.1, -0.05) is 191 Å². The van der Waals surface area contributed by atoms with Gasteiger partial charge in [0.1, 0.15) is 0 Å². The van der Waals surface area contributed by atoms with Crippen LogP contribution in [0.3, 0.4) is 0 Å². The molecule has 0 aliphatic rings. The Morgan fingerprint density at radius 2 is 0.571 bits per heavy atom. The van der Waals surface area contributed by atoms with Crippen molar-refractivity contribution in [2.24, 2.45) is 0 Å². The molecule has 7 rings (SSSR count). The van der Waals surface area contributed by atoms with Gasteiger partial charge in [-0.15, -0.1) is 0 Å². The Morgan fingerprint density at radius 1 is 0.238 bits per heavy atom. The minimum absolute atomic E-state index is 1.26. The summed E-state index contributed by atoms with van der Waals surface area (Å²) in [5.74, 6) is 0. The summed E-state index contributed by atoms with van der Waals surface area (Å²) < 4.78 is 0. The summed E-state index contributed by atoms with van der Waals surface area (Å²) in [5, 5.41) is 5.24. The zero-order valence-corrected chi connectivity index (χ0v) is 25.2. The Morgan fingerprint density at radius 3 is 1.07 bits per heavy atom. The van der Waals surface area contributed by atoms with E-state index in [-0.39, 0.29) is 0 Å². The van der Waals surface area contributed by atoms with Crippen molar-refractivity contribution >= 4 is 21.5 Å². The van der Waals surface area contributed by atoms with Crippen molar-refractivity contribution in [2.45, 2.75) is 27.7 Å². The second kappa shape index (κ2) is 15.7. The smallest absolute Gasteiger partial charge is 0.0105 e. The van der Waals surface area contributed by atoms with Crippen LogP contribution in [0.25, 0.3) is 54.9 Å². The molecular weight excluding hydrogens is 504 g/mol. The minimum atomic E-state index is 1.26. The molecule has 42 heavy (non-hydrogen) atoms. The van der Waals surface area contributed by atoms with Gasteiger partial charge < -0.3 is 0 Å². The van der Waals surface area contributed by atoms with Crippen molar-refractivity contribution in [1.29, 1.82) is 0 Å². The van der Waals surface area contributed by atoms with Crippen LogP contribution in [0.15, 0.2) is 170 Å². The molecule has 0 N–H and O–H groups in total. The monoisotopic (exact) mass is 544 g/mol. The number of fused-ring (bicyclic) bond motifs is 3. The average molecular weight is 545 g/mol. The molecule has 7 aromatic carbocycles. The lowest BCUT2D eigenvalue weighted by molar-refractivity contribution is 1.50. The standard InChI is InChI=1S/C20H14.C18H14.2C2H6/c1-2-6-15(7-3-1)17-12-13-20-18(14-17)11-10-16-8-4-5-9-19(16)20;1-3-7-15(8-4-1)17-11-13-18(14-12-17)16-9-5-2-6-10-16;2*1-2/h1-14H;1-14H;2*1-2H3. The lowest BCUT2D eigenvalue weighted by Crippen LogP contribution is -1.80. The van der Waals surface area contributed by atoms with Crippen molar-refractivity contribution in [2.75, 3.05) is 0 Å². The Bertz CT molecular complexity index is 1710. The summed E-state index contributed by atoms with van der Waals surface area (Å²) in [6, 6.07) is 59.8. The van der Waals surface area contributed by atoms with E-state index in [2.05, 4.69) is 158 Å². The first kappa shape index (κ1) is 30.0. The van der Waals surface area contributed by atoms with Crippen molar-refractivity contribution in [3.8, 4) is 33.4 Å². The molecule has 0 saturated carbocycles. The van der Waals surface area contributed by atoms with E-state index in [1.54, 1.807) is 0 Å².